The van der Waals surface area contributed by atoms with Crippen LogP contribution in [-0.2, 0) is 14.3 Å². The predicted octanol–water partition coefficient (Wildman–Crippen LogP) is 2.35. The molecule has 0 aromatic heterocycles. The van der Waals surface area contributed by atoms with E-state index in [-0.39, 0.29) is 52.7 Å². The number of carbonyl (C=O) groups excluding carboxylic acids is 3. The van der Waals surface area contributed by atoms with Gasteiger partial charge in [-0.05, 0) is 31.4 Å². The third-order valence-electron chi connectivity index (χ3n) is 7.79. The Labute approximate surface area is 156 Å². The molecule has 0 unspecified atom stereocenters. The number of carbonyl (C=O) groups is 3. The van der Waals surface area contributed by atoms with E-state index in [0.717, 1.165) is 19.3 Å². The van der Waals surface area contributed by atoms with Gasteiger partial charge in [-0.15, -0.1) is 0 Å². The fourth-order valence-electron chi connectivity index (χ4n) is 7.10. The molecule has 6 nitrogen and oxygen atoms in total. The van der Waals surface area contributed by atoms with Crippen LogP contribution in [0.1, 0.15) is 19.3 Å². The van der Waals surface area contributed by atoms with Crippen molar-refractivity contribution >= 4 is 23.6 Å². The molecule has 27 heavy (non-hydrogen) atoms. The highest BCUT2D eigenvalue weighted by Gasteiger charge is 2.90. The van der Waals surface area contributed by atoms with Crippen molar-refractivity contribution < 1.29 is 19.1 Å². The van der Waals surface area contributed by atoms with Crippen molar-refractivity contribution in [1.29, 1.82) is 0 Å². The smallest absolute Gasteiger partial charge is 0.410 e. The number of anilines is 1. The lowest BCUT2D eigenvalue weighted by Gasteiger charge is -2.43. The van der Waals surface area contributed by atoms with E-state index in [1.165, 1.54) is 12.0 Å². The molecular weight excluding hydrogens is 344 g/mol. The highest BCUT2D eigenvalue weighted by Crippen LogP contribution is 2.78. The molecule has 0 radical (unpaired) electrons. The Bertz CT molecular complexity index is 881. The van der Waals surface area contributed by atoms with Crippen LogP contribution in [0.25, 0.3) is 0 Å². The van der Waals surface area contributed by atoms with Crippen molar-refractivity contribution in [2.75, 3.05) is 12.0 Å². The highest BCUT2D eigenvalue weighted by atomic mass is 16.5. The second kappa shape index (κ2) is 4.61. The molecule has 1 aromatic carbocycles. The minimum atomic E-state index is -0.381. The molecule has 6 heteroatoms. The van der Waals surface area contributed by atoms with Crippen LogP contribution in [0.2, 0.25) is 0 Å². The fourth-order valence-corrected chi connectivity index (χ4v) is 7.10. The first-order valence-corrected chi connectivity index (χ1v) is 9.59. The Balaban J connectivity index is 1.48. The van der Waals surface area contributed by atoms with Crippen molar-refractivity contribution in [3.8, 4) is 0 Å². The molecule has 3 amide bonds. The third kappa shape index (κ3) is 1.40. The van der Waals surface area contributed by atoms with Crippen molar-refractivity contribution in [2.24, 2.45) is 23.7 Å². The summed E-state index contributed by atoms with van der Waals surface area (Å²) in [6.45, 7) is 0. The molecule has 4 aliphatic carbocycles. The Morgan fingerprint density at radius 3 is 2.07 bits per heavy atom. The van der Waals surface area contributed by atoms with Gasteiger partial charge in [0.15, 0.2) is 0 Å². The van der Waals surface area contributed by atoms with Gasteiger partial charge in [-0.25, -0.2) is 4.79 Å². The molecule has 6 atom stereocenters. The lowest BCUT2D eigenvalue weighted by molar-refractivity contribution is -0.125. The van der Waals surface area contributed by atoms with Crippen LogP contribution in [0, 0.1) is 23.7 Å². The zero-order valence-electron chi connectivity index (χ0n) is 15.0. The number of ether oxygens (including phenoxy) is 1. The SMILES string of the molecule is COC(=O)N1[C@@]23CCC[C@@]12[C@H]1C=C[C@H]3[C@@H]2C(=O)N(c3ccccc3)C(=O)[C@H]21. The van der Waals surface area contributed by atoms with E-state index in [0.29, 0.717) is 5.69 Å². The fraction of sp³-hybridized carbons (Fsp3) is 0.476. The standard InChI is InChI=1S/C21H20N2O4/c1-27-19(26)23-20-10-5-11-21(20,23)14-9-8-13(20)15-16(14)18(25)22(17(15)24)12-6-3-2-4-7-12/h2-4,6-9,13-16H,5,10-11H2,1H3/t13-,14-,15-,16-,20-,21+,23?/m0/s1. The van der Waals surface area contributed by atoms with Crippen molar-refractivity contribution in [3.63, 3.8) is 0 Å². The summed E-state index contributed by atoms with van der Waals surface area (Å²) in [5.41, 5.74) is -0.0490. The van der Waals surface area contributed by atoms with E-state index in [4.69, 9.17) is 4.74 Å². The van der Waals surface area contributed by atoms with E-state index in [1.807, 2.05) is 23.1 Å². The van der Waals surface area contributed by atoms with E-state index in [9.17, 15) is 14.4 Å². The number of methoxy groups -OCH3 is 1. The zero-order chi connectivity index (χ0) is 18.6. The van der Waals surface area contributed by atoms with Gasteiger partial charge in [0.2, 0.25) is 11.8 Å². The number of para-hydroxylation sites is 1. The summed E-state index contributed by atoms with van der Waals surface area (Å²) in [5.74, 6) is -1.23. The minimum absolute atomic E-state index is 0.112. The van der Waals surface area contributed by atoms with E-state index < -0.39 is 0 Å². The maximum atomic E-state index is 13.4. The number of hydrogen-bond donors (Lipinski definition) is 0. The average Bonchev–Trinajstić information content (AvgIpc) is 2.96. The summed E-state index contributed by atoms with van der Waals surface area (Å²) in [7, 11) is 1.40. The summed E-state index contributed by atoms with van der Waals surface area (Å²) in [5, 5.41) is 0. The normalized spacial score (nSPS) is 42.9. The summed E-state index contributed by atoms with van der Waals surface area (Å²) in [6, 6.07) is 9.17. The van der Waals surface area contributed by atoms with E-state index in [2.05, 4.69) is 12.2 Å². The number of benzene rings is 1. The molecule has 2 bridgehead atoms. The molecule has 1 aromatic rings. The van der Waals surface area contributed by atoms with Gasteiger partial charge in [-0.1, -0.05) is 30.4 Å². The molecule has 2 aliphatic heterocycles. The zero-order valence-corrected chi connectivity index (χ0v) is 15.0. The predicted molar refractivity (Wildman–Crippen MR) is 95.6 cm³/mol. The lowest BCUT2D eigenvalue weighted by Crippen LogP contribution is -2.53. The first-order valence-electron chi connectivity index (χ1n) is 9.59. The van der Waals surface area contributed by atoms with Crippen LogP contribution in [0.3, 0.4) is 0 Å². The Hall–Kier alpha value is -2.63. The van der Waals surface area contributed by atoms with Crippen LogP contribution < -0.4 is 4.90 Å². The molecule has 0 spiro atoms. The van der Waals surface area contributed by atoms with E-state index in [1.54, 1.807) is 12.1 Å². The summed E-state index contributed by atoms with van der Waals surface area (Å²) < 4.78 is 5.06. The molecule has 7 rings (SSSR count). The Morgan fingerprint density at radius 2 is 1.56 bits per heavy atom. The third-order valence-corrected chi connectivity index (χ3v) is 7.79. The van der Waals surface area contributed by atoms with Gasteiger partial charge >= 0.3 is 6.09 Å². The van der Waals surface area contributed by atoms with Crippen molar-refractivity contribution in [1.82, 2.24) is 4.90 Å². The molecule has 2 saturated carbocycles. The number of piperidine rings is 1. The number of imide groups is 1. The number of hydrogen-bond acceptors (Lipinski definition) is 4. The molecule has 4 fully saturated rings. The monoisotopic (exact) mass is 364 g/mol. The number of likely N-dealkylation sites (tertiary alicyclic amines) is 1. The number of nitrogens with zero attached hydrogens (tertiary/aromatic N) is 2. The summed E-state index contributed by atoms with van der Waals surface area (Å²) in [4.78, 5) is 42.5. The van der Waals surface area contributed by atoms with E-state index >= 15 is 0 Å². The van der Waals surface area contributed by atoms with Gasteiger partial charge in [0.05, 0.1) is 35.7 Å². The van der Waals surface area contributed by atoms with Gasteiger partial charge in [-0.2, -0.15) is 0 Å². The summed E-state index contributed by atoms with van der Waals surface area (Å²) >= 11 is 0. The first-order chi connectivity index (χ1) is 13.1. The summed E-state index contributed by atoms with van der Waals surface area (Å²) in [6.07, 6.45) is 6.64. The van der Waals surface area contributed by atoms with Crippen LogP contribution in [0.15, 0.2) is 42.5 Å². The van der Waals surface area contributed by atoms with Gasteiger partial charge in [-0.3, -0.25) is 19.4 Å². The largest absolute Gasteiger partial charge is 0.453 e. The van der Waals surface area contributed by atoms with Gasteiger partial charge in [0, 0.05) is 11.8 Å². The first kappa shape index (κ1) is 15.4. The molecular formula is C21H20N2O4. The van der Waals surface area contributed by atoms with Crippen LogP contribution in [-0.4, -0.2) is 41.0 Å². The van der Waals surface area contributed by atoms with Crippen molar-refractivity contribution in [3.05, 3.63) is 42.5 Å². The van der Waals surface area contributed by atoms with Gasteiger partial charge < -0.3 is 4.74 Å². The Morgan fingerprint density at radius 1 is 1.00 bits per heavy atom. The van der Waals surface area contributed by atoms with Crippen LogP contribution in [0.4, 0.5) is 10.5 Å². The highest BCUT2D eigenvalue weighted by molar-refractivity contribution is 6.23. The molecule has 0 N–H and O–H groups in total. The second-order valence-electron chi connectivity index (χ2n) is 8.34. The number of rotatable bonds is 1. The van der Waals surface area contributed by atoms with Gasteiger partial charge in [0.25, 0.3) is 0 Å². The molecule has 6 aliphatic rings. The van der Waals surface area contributed by atoms with Gasteiger partial charge in [0.1, 0.15) is 0 Å². The molecule has 2 saturated heterocycles. The molecule has 2 heterocycles. The maximum Gasteiger partial charge on any atom is 0.410 e. The topological polar surface area (TPSA) is 66.7 Å². The van der Waals surface area contributed by atoms with Crippen LogP contribution >= 0.6 is 0 Å². The second-order valence-corrected chi connectivity index (χ2v) is 8.34. The molecule has 138 valence electrons. The Kier molecular flexibility index (Phi) is 2.63. The van der Waals surface area contributed by atoms with Crippen LogP contribution in [0.5, 0.6) is 0 Å². The quantitative estimate of drug-likeness (QED) is 0.436. The minimum Gasteiger partial charge on any atom is -0.453 e. The lowest BCUT2D eigenvalue weighted by atomic mass is 9.55. The van der Waals surface area contributed by atoms with Crippen molar-refractivity contribution in [2.45, 2.75) is 30.3 Å². The average molecular weight is 364 g/mol. The number of amides is 3. The maximum absolute atomic E-state index is 13.4.